The predicted molar refractivity (Wildman–Crippen MR) is 86.2 cm³/mol. The van der Waals surface area contributed by atoms with Crippen molar-refractivity contribution in [3.63, 3.8) is 0 Å². The molecular formula is C16H20ClN3O. The lowest BCUT2D eigenvalue weighted by Crippen LogP contribution is -2.08. The minimum Gasteiger partial charge on any atom is -0.472 e. The normalized spacial score (nSPS) is 10.8. The molecule has 0 unspecified atom stereocenters. The number of nitrogens with one attached hydrogen (secondary N) is 1. The van der Waals surface area contributed by atoms with Crippen molar-refractivity contribution < 1.29 is 4.74 Å². The minimum absolute atomic E-state index is 0.242. The first-order valence-corrected chi connectivity index (χ1v) is 7.32. The molecule has 1 N–H and O–H groups in total. The monoisotopic (exact) mass is 305 g/mol. The maximum Gasteiger partial charge on any atom is 0.222 e. The van der Waals surface area contributed by atoms with Crippen LogP contribution in [-0.4, -0.2) is 17.0 Å². The topological polar surface area (TPSA) is 47.0 Å². The number of rotatable bonds is 5. The molecule has 0 amide bonds. The summed E-state index contributed by atoms with van der Waals surface area (Å²) in [4.78, 5) is 9.01. The van der Waals surface area contributed by atoms with Gasteiger partial charge in [-0.05, 0) is 24.6 Å². The van der Waals surface area contributed by atoms with E-state index in [-0.39, 0.29) is 5.92 Å². The van der Waals surface area contributed by atoms with Crippen molar-refractivity contribution >= 4 is 17.4 Å². The molecule has 0 spiro atoms. The second-order valence-corrected chi connectivity index (χ2v) is 5.62. The highest BCUT2D eigenvalue weighted by molar-refractivity contribution is 6.30. The van der Waals surface area contributed by atoms with Crippen LogP contribution in [0.25, 0.3) is 0 Å². The molecule has 0 aliphatic heterocycles. The SMILES string of the molecule is CNc1nc(C(C)C)nc(OCc2cccc(Cl)c2)c1C. The van der Waals surface area contributed by atoms with Crippen LogP contribution < -0.4 is 10.1 Å². The summed E-state index contributed by atoms with van der Waals surface area (Å²) in [6.07, 6.45) is 0. The van der Waals surface area contributed by atoms with E-state index < -0.39 is 0 Å². The van der Waals surface area contributed by atoms with E-state index in [1.807, 2.05) is 38.2 Å². The number of halogens is 1. The Hall–Kier alpha value is -1.81. The van der Waals surface area contributed by atoms with Crippen molar-refractivity contribution in [1.82, 2.24) is 9.97 Å². The number of benzene rings is 1. The maximum absolute atomic E-state index is 5.98. The summed E-state index contributed by atoms with van der Waals surface area (Å²) in [6.45, 7) is 6.50. The predicted octanol–water partition coefficient (Wildman–Crippen LogP) is 4.18. The van der Waals surface area contributed by atoms with Crippen molar-refractivity contribution in [3.05, 3.63) is 46.2 Å². The van der Waals surface area contributed by atoms with Crippen LogP contribution in [0.4, 0.5) is 5.82 Å². The molecule has 0 radical (unpaired) electrons. The standard InChI is InChI=1S/C16H20ClN3O/c1-10(2)14-19-15(18-4)11(3)16(20-14)21-9-12-6-5-7-13(17)8-12/h5-8,10H,9H2,1-4H3,(H,18,19,20). The van der Waals surface area contributed by atoms with E-state index in [1.54, 1.807) is 0 Å². The summed E-state index contributed by atoms with van der Waals surface area (Å²) < 4.78 is 5.86. The third-order valence-electron chi connectivity index (χ3n) is 3.14. The summed E-state index contributed by atoms with van der Waals surface area (Å²) in [5.41, 5.74) is 1.92. The Bertz CT molecular complexity index is 629. The van der Waals surface area contributed by atoms with Crippen LogP contribution in [0.3, 0.4) is 0 Å². The molecule has 2 rings (SSSR count). The molecular weight excluding hydrogens is 286 g/mol. The fourth-order valence-corrected chi connectivity index (χ4v) is 2.15. The number of hydrogen-bond acceptors (Lipinski definition) is 4. The molecule has 0 aliphatic carbocycles. The second kappa shape index (κ2) is 6.76. The number of hydrogen-bond donors (Lipinski definition) is 1. The fraction of sp³-hybridized carbons (Fsp3) is 0.375. The van der Waals surface area contributed by atoms with Gasteiger partial charge in [0.2, 0.25) is 5.88 Å². The lowest BCUT2D eigenvalue weighted by atomic mass is 10.2. The molecule has 0 atom stereocenters. The highest BCUT2D eigenvalue weighted by Gasteiger charge is 2.13. The van der Waals surface area contributed by atoms with Gasteiger partial charge in [-0.3, -0.25) is 0 Å². The molecule has 0 aliphatic rings. The van der Waals surface area contributed by atoms with E-state index in [1.165, 1.54) is 0 Å². The molecule has 1 aromatic carbocycles. The Morgan fingerprint density at radius 3 is 2.67 bits per heavy atom. The Morgan fingerprint density at radius 2 is 2.05 bits per heavy atom. The van der Waals surface area contributed by atoms with Crippen LogP contribution in [0.5, 0.6) is 5.88 Å². The van der Waals surface area contributed by atoms with Crippen molar-refractivity contribution in [1.29, 1.82) is 0 Å². The third-order valence-corrected chi connectivity index (χ3v) is 3.37. The van der Waals surface area contributed by atoms with E-state index in [2.05, 4.69) is 29.1 Å². The summed E-state index contributed by atoms with van der Waals surface area (Å²) in [7, 11) is 1.85. The summed E-state index contributed by atoms with van der Waals surface area (Å²) in [5.74, 6) is 2.42. The Labute approximate surface area is 130 Å². The Kier molecular flexibility index (Phi) is 5.02. The second-order valence-electron chi connectivity index (χ2n) is 5.18. The lowest BCUT2D eigenvalue weighted by molar-refractivity contribution is 0.289. The average Bonchev–Trinajstić information content (AvgIpc) is 2.46. The lowest BCUT2D eigenvalue weighted by Gasteiger charge is -2.14. The number of anilines is 1. The van der Waals surface area contributed by atoms with Crippen molar-refractivity contribution in [2.75, 3.05) is 12.4 Å². The molecule has 0 bridgehead atoms. The van der Waals surface area contributed by atoms with Crippen LogP contribution in [0.15, 0.2) is 24.3 Å². The van der Waals surface area contributed by atoms with Crippen LogP contribution >= 0.6 is 11.6 Å². The molecule has 4 nitrogen and oxygen atoms in total. The molecule has 112 valence electrons. The molecule has 21 heavy (non-hydrogen) atoms. The first-order chi connectivity index (χ1) is 10.0. The highest BCUT2D eigenvalue weighted by Crippen LogP contribution is 2.25. The van der Waals surface area contributed by atoms with Gasteiger partial charge in [-0.1, -0.05) is 37.6 Å². The van der Waals surface area contributed by atoms with Crippen molar-refractivity contribution in [2.24, 2.45) is 0 Å². The zero-order valence-corrected chi connectivity index (χ0v) is 13.5. The van der Waals surface area contributed by atoms with Gasteiger partial charge in [0, 0.05) is 18.0 Å². The quantitative estimate of drug-likeness (QED) is 0.900. The summed E-state index contributed by atoms with van der Waals surface area (Å²) in [5, 5.41) is 3.79. The maximum atomic E-state index is 5.98. The van der Waals surface area contributed by atoms with Gasteiger partial charge in [-0.2, -0.15) is 4.98 Å². The largest absolute Gasteiger partial charge is 0.472 e. The highest BCUT2D eigenvalue weighted by atomic mass is 35.5. The number of aromatic nitrogens is 2. The average molecular weight is 306 g/mol. The Morgan fingerprint density at radius 1 is 1.29 bits per heavy atom. The minimum atomic E-state index is 0.242. The summed E-state index contributed by atoms with van der Waals surface area (Å²) in [6, 6.07) is 7.62. The Balaban J connectivity index is 2.24. The van der Waals surface area contributed by atoms with Gasteiger partial charge in [-0.25, -0.2) is 4.98 Å². The van der Waals surface area contributed by atoms with Gasteiger partial charge < -0.3 is 10.1 Å². The smallest absolute Gasteiger partial charge is 0.222 e. The van der Waals surface area contributed by atoms with Gasteiger partial charge >= 0.3 is 0 Å². The molecule has 0 saturated carbocycles. The van der Waals surface area contributed by atoms with E-state index >= 15 is 0 Å². The van der Waals surface area contributed by atoms with Crippen LogP contribution in [0, 0.1) is 6.92 Å². The van der Waals surface area contributed by atoms with Crippen molar-refractivity contribution in [3.8, 4) is 5.88 Å². The van der Waals surface area contributed by atoms with Crippen LogP contribution in [0.2, 0.25) is 5.02 Å². The zero-order chi connectivity index (χ0) is 15.4. The molecule has 1 aromatic heterocycles. The van der Waals surface area contributed by atoms with Crippen molar-refractivity contribution in [2.45, 2.75) is 33.3 Å². The van der Waals surface area contributed by atoms with E-state index in [9.17, 15) is 0 Å². The van der Waals surface area contributed by atoms with Gasteiger partial charge in [0.15, 0.2) is 0 Å². The van der Waals surface area contributed by atoms with Gasteiger partial charge in [-0.15, -0.1) is 0 Å². The number of ether oxygens (including phenoxy) is 1. The number of nitrogens with zero attached hydrogens (tertiary/aromatic N) is 2. The molecule has 5 heteroatoms. The van der Waals surface area contributed by atoms with E-state index in [0.717, 1.165) is 22.8 Å². The molecule has 1 heterocycles. The first kappa shape index (κ1) is 15.6. The van der Waals surface area contributed by atoms with Gasteiger partial charge in [0.25, 0.3) is 0 Å². The van der Waals surface area contributed by atoms with E-state index in [4.69, 9.17) is 16.3 Å². The van der Waals surface area contributed by atoms with Gasteiger partial charge in [0.05, 0.1) is 5.56 Å². The molecule has 0 saturated heterocycles. The summed E-state index contributed by atoms with van der Waals surface area (Å²) >= 11 is 5.98. The zero-order valence-electron chi connectivity index (χ0n) is 12.8. The van der Waals surface area contributed by atoms with E-state index in [0.29, 0.717) is 17.5 Å². The van der Waals surface area contributed by atoms with Gasteiger partial charge in [0.1, 0.15) is 18.2 Å². The fourth-order valence-electron chi connectivity index (χ4n) is 1.93. The van der Waals surface area contributed by atoms with Crippen LogP contribution in [-0.2, 0) is 6.61 Å². The third kappa shape index (κ3) is 3.85. The first-order valence-electron chi connectivity index (χ1n) is 6.94. The van der Waals surface area contributed by atoms with Crippen LogP contribution in [0.1, 0.15) is 36.7 Å². The molecule has 0 fully saturated rings. The molecule has 2 aromatic rings.